The Morgan fingerprint density at radius 3 is 2.96 bits per heavy atom. The van der Waals surface area contributed by atoms with E-state index in [0.717, 1.165) is 23.6 Å². The van der Waals surface area contributed by atoms with Crippen LogP contribution in [0.3, 0.4) is 0 Å². The van der Waals surface area contributed by atoms with Gasteiger partial charge in [0.15, 0.2) is 0 Å². The molecule has 0 saturated carbocycles. The van der Waals surface area contributed by atoms with Crippen LogP contribution in [0.2, 0.25) is 0 Å². The summed E-state index contributed by atoms with van der Waals surface area (Å²) in [6.45, 7) is 1.13. The SMILES string of the molecule is CN(C)Cc1ccnc(CCC(O)CNC(=O)CSCc2ccoc2)c1. The maximum absolute atomic E-state index is 11.8. The second-order valence-corrected chi connectivity index (χ2v) is 7.50. The zero-order valence-electron chi connectivity index (χ0n) is 15.4. The topological polar surface area (TPSA) is 78.6 Å². The van der Waals surface area contributed by atoms with E-state index < -0.39 is 6.10 Å². The summed E-state index contributed by atoms with van der Waals surface area (Å²) in [6, 6.07) is 5.95. The average molecular weight is 378 g/mol. The maximum Gasteiger partial charge on any atom is 0.230 e. The first-order valence-electron chi connectivity index (χ1n) is 8.65. The molecule has 142 valence electrons. The number of carbonyl (C=O) groups is 1. The summed E-state index contributed by atoms with van der Waals surface area (Å²) >= 11 is 1.52. The number of carbonyl (C=O) groups excluding carboxylic acids is 1. The highest BCUT2D eigenvalue weighted by Gasteiger charge is 2.09. The Morgan fingerprint density at radius 2 is 2.23 bits per heavy atom. The van der Waals surface area contributed by atoms with Crippen LogP contribution in [-0.4, -0.2) is 53.4 Å². The summed E-state index contributed by atoms with van der Waals surface area (Å²) < 4.78 is 4.99. The van der Waals surface area contributed by atoms with Gasteiger partial charge in [0.2, 0.25) is 5.91 Å². The van der Waals surface area contributed by atoms with Gasteiger partial charge < -0.3 is 19.7 Å². The van der Waals surface area contributed by atoms with Gasteiger partial charge in [0.25, 0.3) is 0 Å². The van der Waals surface area contributed by atoms with Crippen molar-refractivity contribution in [3.05, 3.63) is 53.7 Å². The van der Waals surface area contributed by atoms with Crippen LogP contribution in [-0.2, 0) is 23.5 Å². The van der Waals surface area contributed by atoms with E-state index in [-0.39, 0.29) is 12.5 Å². The smallest absolute Gasteiger partial charge is 0.230 e. The lowest BCUT2D eigenvalue weighted by Gasteiger charge is -2.13. The number of aliphatic hydroxyl groups is 1. The molecule has 0 radical (unpaired) electrons. The second-order valence-electron chi connectivity index (χ2n) is 6.51. The van der Waals surface area contributed by atoms with Gasteiger partial charge in [0.05, 0.1) is 24.4 Å². The molecule has 0 bridgehead atoms. The molecule has 0 aliphatic heterocycles. The third-order valence-corrected chi connectivity index (χ3v) is 4.73. The monoisotopic (exact) mass is 377 g/mol. The number of rotatable bonds is 11. The van der Waals surface area contributed by atoms with E-state index in [1.165, 1.54) is 17.3 Å². The summed E-state index contributed by atoms with van der Waals surface area (Å²) in [6.07, 6.45) is 5.79. The third-order valence-electron chi connectivity index (χ3n) is 3.73. The lowest BCUT2D eigenvalue weighted by atomic mass is 10.1. The number of aliphatic hydroxyl groups excluding tert-OH is 1. The van der Waals surface area contributed by atoms with Gasteiger partial charge >= 0.3 is 0 Å². The molecule has 2 heterocycles. The van der Waals surface area contributed by atoms with Crippen molar-refractivity contribution in [2.75, 3.05) is 26.4 Å². The fourth-order valence-electron chi connectivity index (χ4n) is 2.46. The molecule has 0 saturated heterocycles. The van der Waals surface area contributed by atoms with E-state index in [0.29, 0.717) is 18.6 Å². The molecule has 0 aliphatic rings. The number of thioether (sulfide) groups is 1. The molecule has 0 spiro atoms. The molecule has 2 aromatic heterocycles. The van der Waals surface area contributed by atoms with Crippen LogP contribution in [0, 0.1) is 0 Å². The first kappa shape index (κ1) is 20.5. The summed E-state index contributed by atoms with van der Waals surface area (Å²) in [5, 5.41) is 12.9. The maximum atomic E-state index is 11.8. The van der Waals surface area contributed by atoms with E-state index in [1.807, 2.05) is 26.2 Å². The molecule has 2 aromatic rings. The fraction of sp³-hybridized carbons (Fsp3) is 0.474. The van der Waals surface area contributed by atoms with Gasteiger partial charge in [-0.3, -0.25) is 9.78 Å². The van der Waals surface area contributed by atoms with Gasteiger partial charge in [-0.2, -0.15) is 0 Å². The third kappa shape index (κ3) is 8.03. The Balaban J connectivity index is 1.62. The van der Waals surface area contributed by atoms with Crippen LogP contribution in [0.15, 0.2) is 41.3 Å². The van der Waals surface area contributed by atoms with Crippen molar-refractivity contribution in [3.8, 4) is 0 Å². The minimum Gasteiger partial charge on any atom is -0.472 e. The van der Waals surface area contributed by atoms with Crippen LogP contribution < -0.4 is 5.32 Å². The molecule has 2 N–H and O–H groups in total. The molecule has 0 aliphatic carbocycles. The highest BCUT2D eigenvalue weighted by Crippen LogP contribution is 2.12. The average Bonchev–Trinajstić information content (AvgIpc) is 3.11. The van der Waals surface area contributed by atoms with Gasteiger partial charge in [-0.1, -0.05) is 0 Å². The standard InChI is InChI=1S/C19H27N3O3S/c1-22(2)11-15-5-7-20-17(9-15)3-4-18(23)10-21-19(24)14-26-13-16-6-8-25-12-16/h5-9,12,18,23H,3-4,10-11,13-14H2,1-2H3,(H,21,24). The lowest BCUT2D eigenvalue weighted by Crippen LogP contribution is -2.33. The highest BCUT2D eigenvalue weighted by molar-refractivity contribution is 7.99. The van der Waals surface area contributed by atoms with E-state index in [4.69, 9.17) is 4.42 Å². The fourth-order valence-corrected chi connectivity index (χ4v) is 3.25. The van der Waals surface area contributed by atoms with Gasteiger partial charge in [-0.25, -0.2) is 0 Å². The van der Waals surface area contributed by atoms with Crippen molar-refractivity contribution in [2.24, 2.45) is 0 Å². The Morgan fingerprint density at radius 1 is 1.38 bits per heavy atom. The Labute approximate surface area is 159 Å². The predicted molar refractivity (Wildman–Crippen MR) is 104 cm³/mol. The molecule has 1 unspecified atom stereocenters. The summed E-state index contributed by atoms with van der Waals surface area (Å²) in [5.74, 6) is 1.04. The van der Waals surface area contributed by atoms with Gasteiger partial charge in [-0.15, -0.1) is 11.8 Å². The molecule has 1 amide bonds. The zero-order chi connectivity index (χ0) is 18.8. The minimum atomic E-state index is -0.572. The van der Waals surface area contributed by atoms with Crippen molar-refractivity contribution in [1.29, 1.82) is 0 Å². The van der Waals surface area contributed by atoms with Crippen molar-refractivity contribution < 1.29 is 14.3 Å². The number of amides is 1. The Hall–Kier alpha value is -1.83. The van der Waals surface area contributed by atoms with Gasteiger partial charge in [-0.05, 0) is 50.7 Å². The largest absolute Gasteiger partial charge is 0.472 e. The molecule has 2 rings (SSSR count). The van der Waals surface area contributed by atoms with Crippen molar-refractivity contribution >= 4 is 17.7 Å². The van der Waals surface area contributed by atoms with Crippen LogP contribution in [0.25, 0.3) is 0 Å². The number of pyridine rings is 1. The quantitative estimate of drug-likeness (QED) is 0.624. The molecular weight excluding hydrogens is 350 g/mol. The molecule has 0 aromatic carbocycles. The second kappa shape index (κ2) is 11.0. The molecule has 6 nitrogen and oxygen atoms in total. The number of aryl methyl sites for hydroxylation is 1. The summed E-state index contributed by atoms with van der Waals surface area (Å²) in [4.78, 5) is 18.3. The number of aromatic nitrogens is 1. The van der Waals surface area contributed by atoms with Crippen molar-refractivity contribution in [3.63, 3.8) is 0 Å². The number of hydrogen-bond acceptors (Lipinski definition) is 6. The number of nitrogens with one attached hydrogen (secondary N) is 1. The normalized spacial score (nSPS) is 12.3. The van der Waals surface area contributed by atoms with Crippen molar-refractivity contribution in [1.82, 2.24) is 15.2 Å². The van der Waals surface area contributed by atoms with Crippen LogP contribution in [0.1, 0.15) is 23.2 Å². The lowest BCUT2D eigenvalue weighted by molar-refractivity contribution is -0.119. The number of nitrogens with zero attached hydrogens (tertiary/aromatic N) is 2. The molecule has 7 heteroatoms. The van der Waals surface area contributed by atoms with E-state index in [9.17, 15) is 9.90 Å². The van der Waals surface area contributed by atoms with Gasteiger partial charge in [0.1, 0.15) is 0 Å². The van der Waals surface area contributed by atoms with E-state index in [1.54, 1.807) is 18.7 Å². The molecular formula is C19H27N3O3S. The van der Waals surface area contributed by atoms with Crippen molar-refractivity contribution in [2.45, 2.75) is 31.2 Å². The minimum absolute atomic E-state index is 0.0661. The Kier molecular flexibility index (Phi) is 8.67. The molecule has 0 fully saturated rings. The first-order chi connectivity index (χ1) is 12.5. The van der Waals surface area contributed by atoms with E-state index in [2.05, 4.69) is 21.3 Å². The molecule has 26 heavy (non-hydrogen) atoms. The predicted octanol–water partition coefficient (Wildman–Crippen LogP) is 2.08. The number of furan rings is 1. The summed E-state index contributed by atoms with van der Waals surface area (Å²) in [7, 11) is 4.06. The van der Waals surface area contributed by atoms with Gasteiger partial charge in [0, 0.05) is 36.3 Å². The van der Waals surface area contributed by atoms with Crippen LogP contribution in [0.5, 0.6) is 0 Å². The zero-order valence-corrected chi connectivity index (χ0v) is 16.2. The summed E-state index contributed by atoms with van der Waals surface area (Å²) in [5.41, 5.74) is 3.23. The van der Waals surface area contributed by atoms with Crippen LogP contribution in [0.4, 0.5) is 0 Å². The highest BCUT2D eigenvalue weighted by atomic mass is 32.2. The van der Waals surface area contributed by atoms with Crippen LogP contribution >= 0.6 is 11.8 Å². The molecule has 1 atom stereocenters. The number of hydrogen-bond donors (Lipinski definition) is 2. The first-order valence-corrected chi connectivity index (χ1v) is 9.80. The van der Waals surface area contributed by atoms with E-state index >= 15 is 0 Å². The Bertz CT molecular complexity index is 662.